The molecule has 1 fully saturated rings. The Bertz CT molecular complexity index is 324. The number of fused-ring (bicyclic) bond motifs is 1. The zero-order chi connectivity index (χ0) is 10.1. The van der Waals surface area contributed by atoms with Gasteiger partial charge in [0.25, 0.3) is 0 Å². The van der Waals surface area contributed by atoms with Gasteiger partial charge in [-0.05, 0) is 12.3 Å². The fraction of sp³-hybridized carbons (Fsp3) is 0.444. The average Bonchev–Trinajstić information content (AvgIpc) is 2.82. The van der Waals surface area contributed by atoms with Crippen molar-refractivity contribution in [3.63, 3.8) is 0 Å². The predicted molar refractivity (Wildman–Crippen MR) is 50.9 cm³/mol. The van der Waals surface area contributed by atoms with Crippen molar-refractivity contribution in [2.75, 3.05) is 0 Å². The van der Waals surface area contributed by atoms with E-state index in [2.05, 4.69) is 5.29 Å². The van der Waals surface area contributed by atoms with Crippen LogP contribution >= 0.6 is 0 Å². The summed E-state index contributed by atoms with van der Waals surface area (Å²) in [4.78, 5) is 21.2. The maximum absolute atomic E-state index is 10.9. The molecule has 3 unspecified atom stereocenters. The molecule has 14 heavy (non-hydrogen) atoms. The maximum atomic E-state index is 10.9. The van der Waals surface area contributed by atoms with Gasteiger partial charge in [0.15, 0.2) is 0 Å². The van der Waals surface area contributed by atoms with Crippen LogP contribution in [-0.4, -0.2) is 17.1 Å². The van der Waals surface area contributed by atoms with Crippen molar-refractivity contribution in [1.82, 2.24) is 5.01 Å². The summed E-state index contributed by atoms with van der Waals surface area (Å²) in [5, 5.41) is 3.50. The molecule has 0 aromatic heterocycles. The largest absolute Gasteiger partial charge is 0.350 e. The van der Waals surface area contributed by atoms with Gasteiger partial charge in [0.2, 0.25) is 0 Å². The summed E-state index contributed by atoms with van der Waals surface area (Å²) in [5.74, 6) is 0.533. The molecule has 0 spiro atoms. The second kappa shape index (κ2) is 3.25. The molecule has 1 saturated carbocycles. The summed E-state index contributed by atoms with van der Waals surface area (Å²) in [5.41, 5.74) is 5.03. The molecule has 0 bridgehead atoms. The third-order valence-corrected chi connectivity index (χ3v) is 2.77. The predicted octanol–water partition coefficient (Wildman–Crippen LogP) is 1.18. The van der Waals surface area contributed by atoms with Crippen LogP contribution in [0.3, 0.4) is 0 Å². The van der Waals surface area contributed by atoms with E-state index in [4.69, 9.17) is 5.73 Å². The monoisotopic (exact) mass is 193 g/mol. The fourth-order valence-electron chi connectivity index (χ4n) is 2.03. The first-order chi connectivity index (χ1) is 6.75. The zero-order valence-electron chi connectivity index (χ0n) is 7.54. The third-order valence-electron chi connectivity index (χ3n) is 2.77. The van der Waals surface area contributed by atoms with Gasteiger partial charge in [0.05, 0.1) is 11.3 Å². The Labute approximate surface area is 81.2 Å². The van der Waals surface area contributed by atoms with E-state index in [9.17, 15) is 9.70 Å². The summed E-state index contributed by atoms with van der Waals surface area (Å²) in [6.45, 7) is 0. The van der Waals surface area contributed by atoms with E-state index in [0.717, 1.165) is 11.4 Å². The normalized spacial score (nSPS) is 33.0. The Hall–Kier alpha value is -1.65. The van der Waals surface area contributed by atoms with E-state index in [-0.39, 0.29) is 12.0 Å². The number of nitroso groups, excluding NO2 is 1. The number of carbonyl (C=O) groups is 1. The van der Waals surface area contributed by atoms with Crippen molar-refractivity contribution in [3.8, 4) is 0 Å². The minimum absolute atomic E-state index is 0.133. The highest BCUT2D eigenvalue weighted by atomic mass is 16.3. The first-order valence-corrected chi connectivity index (χ1v) is 4.51. The summed E-state index contributed by atoms with van der Waals surface area (Å²) in [6.07, 6.45) is 8.76. The molecule has 2 amide bonds. The summed E-state index contributed by atoms with van der Waals surface area (Å²) in [6, 6.07) is -0.901. The standard InChI is InChI=1S/C9H11N3O2/c10-9(13)12(11-14)8-6-4-2-1-3-5-7(6)8/h1-4,6-8H,5H2,(H2,10,13). The van der Waals surface area contributed by atoms with E-state index in [1.807, 2.05) is 24.3 Å². The number of hydrogen-bond donors (Lipinski definition) is 1. The lowest BCUT2D eigenvalue weighted by Crippen LogP contribution is -2.34. The number of carbonyl (C=O) groups excluding carboxylic acids is 1. The van der Waals surface area contributed by atoms with Crippen molar-refractivity contribution < 1.29 is 4.79 Å². The molecule has 0 saturated heterocycles. The number of amides is 2. The van der Waals surface area contributed by atoms with Crippen molar-refractivity contribution in [2.45, 2.75) is 12.5 Å². The topological polar surface area (TPSA) is 75.8 Å². The average molecular weight is 193 g/mol. The van der Waals surface area contributed by atoms with Crippen LogP contribution in [0.15, 0.2) is 29.6 Å². The van der Waals surface area contributed by atoms with Crippen molar-refractivity contribution in [1.29, 1.82) is 0 Å². The van der Waals surface area contributed by atoms with E-state index in [1.54, 1.807) is 0 Å². The molecule has 2 aliphatic rings. The Kier molecular flexibility index (Phi) is 2.07. The van der Waals surface area contributed by atoms with Crippen LogP contribution in [0.2, 0.25) is 0 Å². The minimum atomic E-state index is -0.768. The summed E-state index contributed by atoms with van der Waals surface area (Å²) < 4.78 is 0. The van der Waals surface area contributed by atoms with Crippen LogP contribution < -0.4 is 5.73 Å². The highest BCUT2D eigenvalue weighted by molar-refractivity contribution is 5.72. The van der Waals surface area contributed by atoms with E-state index in [0.29, 0.717) is 5.92 Å². The number of allylic oxidation sites excluding steroid dienone is 3. The van der Waals surface area contributed by atoms with Crippen LogP contribution in [0.25, 0.3) is 0 Å². The molecule has 0 aliphatic heterocycles. The van der Waals surface area contributed by atoms with Crippen LogP contribution in [0.4, 0.5) is 4.79 Å². The second-order valence-corrected chi connectivity index (χ2v) is 3.55. The van der Waals surface area contributed by atoms with Crippen LogP contribution in [-0.2, 0) is 0 Å². The molecule has 0 heterocycles. The molecular weight excluding hydrogens is 182 g/mol. The van der Waals surface area contributed by atoms with Gasteiger partial charge in [-0.1, -0.05) is 24.3 Å². The molecule has 5 nitrogen and oxygen atoms in total. The van der Waals surface area contributed by atoms with Crippen molar-refractivity contribution in [2.24, 2.45) is 22.9 Å². The quantitative estimate of drug-likeness (QED) is 0.528. The molecule has 2 N–H and O–H groups in total. The number of nitrogens with zero attached hydrogens (tertiary/aromatic N) is 2. The Morgan fingerprint density at radius 3 is 2.93 bits per heavy atom. The molecule has 3 atom stereocenters. The summed E-state index contributed by atoms with van der Waals surface area (Å²) >= 11 is 0. The molecule has 0 aromatic rings. The molecule has 2 aliphatic carbocycles. The summed E-state index contributed by atoms with van der Waals surface area (Å²) in [7, 11) is 0. The van der Waals surface area contributed by atoms with Crippen LogP contribution in [0.1, 0.15) is 6.42 Å². The molecule has 5 heteroatoms. The highest BCUT2D eigenvalue weighted by Gasteiger charge is 2.53. The number of nitrogens with two attached hydrogens (primary N) is 1. The lowest BCUT2D eigenvalue weighted by Gasteiger charge is -2.09. The van der Waals surface area contributed by atoms with Gasteiger partial charge in [-0.25, -0.2) is 4.79 Å². The zero-order valence-corrected chi connectivity index (χ0v) is 7.54. The molecule has 0 radical (unpaired) electrons. The van der Waals surface area contributed by atoms with E-state index >= 15 is 0 Å². The number of urea groups is 1. The van der Waals surface area contributed by atoms with Gasteiger partial charge in [-0.2, -0.15) is 5.01 Å². The molecule has 0 aromatic carbocycles. The smallest absolute Gasteiger partial charge is 0.338 e. The van der Waals surface area contributed by atoms with Gasteiger partial charge in [0.1, 0.15) is 0 Å². The Morgan fingerprint density at radius 1 is 1.50 bits per heavy atom. The lowest BCUT2D eigenvalue weighted by molar-refractivity contribution is 0.202. The van der Waals surface area contributed by atoms with Crippen LogP contribution in [0.5, 0.6) is 0 Å². The minimum Gasteiger partial charge on any atom is -0.350 e. The number of primary amides is 1. The molecule has 74 valence electrons. The van der Waals surface area contributed by atoms with Crippen molar-refractivity contribution >= 4 is 6.03 Å². The van der Waals surface area contributed by atoms with Crippen LogP contribution in [0, 0.1) is 16.7 Å². The Morgan fingerprint density at radius 2 is 2.29 bits per heavy atom. The van der Waals surface area contributed by atoms with Gasteiger partial charge in [0, 0.05) is 5.92 Å². The maximum Gasteiger partial charge on any atom is 0.338 e. The Balaban J connectivity index is 2.09. The van der Waals surface area contributed by atoms with Gasteiger partial charge in [-0.3, -0.25) is 0 Å². The second-order valence-electron chi connectivity index (χ2n) is 3.55. The van der Waals surface area contributed by atoms with E-state index < -0.39 is 6.03 Å². The van der Waals surface area contributed by atoms with E-state index in [1.165, 1.54) is 0 Å². The number of hydrogen-bond acceptors (Lipinski definition) is 3. The highest BCUT2D eigenvalue weighted by Crippen LogP contribution is 2.47. The van der Waals surface area contributed by atoms with Gasteiger partial charge in [-0.15, -0.1) is 4.91 Å². The number of rotatable bonds is 2. The first kappa shape index (κ1) is 8.93. The molecule has 2 rings (SSSR count). The van der Waals surface area contributed by atoms with Gasteiger partial charge < -0.3 is 5.73 Å². The fourth-order valence-corrected chi connectivity index (χ4v) is 2.03. The SMILES string of the molecule is NC(=O)N(N=O)C1C2C=CC=CCC21. The molecular formula is C9H11N3O2. The lowest BCUT2D eigenvalue weighted by atomic mass is 10.2. The first-order valence-electron chi connectivity index (χ1n) is 4.51. The third kappa shape index (κ3) is 1.30. The van der Waals surface area contributed by atoms with Crippen molar-refractivity contribution in [3.05, 3.63) is 29.2 Å². The van der Waals surface area contributed by atoms with Gasteiger partial charge >= 0.3 is 6.03 Å².